The monoisotopic (exact) mass is 1750 g/mol. The fraction of sp³-hybridized carbons (Fsp3) is 0.415. The Labute approximate surface area is 783 Å². The van der Waals surface area contributed by atoms with Crippen LogP contribution in [0.25, 0.3) is 135 Å². The molecule has 16 rings (SSSR count). The van der Waals surface area contributed by atoms with Gasteiger partial charge in [0.25, 0.3) is 0 Å². The van der Waals surface area contributed by atoms with E-state index in [1.54, 1.807) is 22.3 Å². The summed E-state index contributed by atoms with van der Waals surface area (Å²) in [6.45, 7) is 14.2. The first-order chi connectivity index (χ1) is 63.2. The molecule has 0 atom stereocenters. The lowest BCUT2D eigenvalue weighted by Gasteiger charge is -2.34. The Bertz CT molecular complexity index is 5720. The second-order valence-corrected chi connectivity index (χ2v) is 41.0. The van der Waals surface area contributed by atoms with Crippen LogP contribution in [0.2, 0.25) is 0 Å². The van der Waals surface area contributed by atoms with E-state index in [-0.39, 0.29) is 16.2 Å². The summed E-state index contributed by atoms with van der Waals surface area (Å²) in [5, 5.41) is 4.47. The van der Waals surface area contributed by atoms with E-state index >= 15 is 0 Å². The molecule has 0 radical (unpaired) electrons. The van der Waals surface area contributed by atoms with Crippen LogP contribution in [0.4, 0.5) is 0 Å². The number of unbranched alkanes of at least 4 members (excludes halogenated alkanes) is 30. The number of benzene rings is 10. The van der Waals surface area contributed by atoms with Crippen LogP contribution < -0.4 is 0 Å². The van der Waals surface area contributed by atoms with Crippen molar-refractivity contribution in [3.63, 3.8) is 0 Å². The molecule has 0 aliphatic heterocycles. The number of hydrogen-bond acceptors (Lipinski definition) is 5. The predicted molar refractivity (Wildman–Crippen MR) is 563 cm³/mol. The van der Waals surface area contributed by atoms with Crippen molar-refractivity contribution in [3.8, 4) is 100 Å². The van der Waals surface area contributed by atoms with Gasteiger partial charge in [-0.1, -0.05) is 443 Å². The van der Waals surface area contributed by atoms with E-state index in [9.17, 15) is 0 Å². The quantitative estimate of drug-likeness (QED) is 0.0355. The molecule has 3 aliphatic carbocycles. The molecule has 3 aromatic heterocycles. The minimum Gasteiger partial charge on any atom is -0.172 e. The Balaban J connectivity index is 0.842. The van der Waals surface area contributed by atoms with Gasteiger partial charge >= 0.3 is 0 Å². The number of hydrogen-bond donors (Lipinski definition) is 0. The number of fused-ring (bicyclic) bond motifs is 10. The SMILES string of the molecule is CCCCCCCCC1(CCCCCCCC)c2cc(-c3ccccc3)ccc2-c2ccc(-c3ccc4c(c3)C(CCCCCCCC)(CCCCCCCC)c3cc(-c5cc(/C=C/c6cccs6)c(-c6ccc7c(c6)C(CCCCCCCC)(CCCCCCCC)c6cc(-c8ccc(-c9ccccc9)c9nsnc89)ccc6-7)cc5/C=C/c5cccs5)ccc3-4)cc21. The van der Waals surface area contributed by atoms with Gasteiger partial charge in [-0.2, -0.15) is 8.75 Å². The molecule has 0 N–H and O–H groups in total. The van der Waals surface area contributed by atoms with Crippen LogP contribution in [0.3, 0.4) is 0 Å². The van der Waals surface area contributed by atoms with Gasteiger partial charge < -0.3 is 0 Å². The number of rotatable bonds is 52. The number of nitrogens with zero attached hydrogens (tertiary/aromatic N) is 2. The highest BCUT2D eigenvalue weighted by molar-refractivity contribution is 7.11. The third kappa shape index (κ3) is 20.9. The van der Waals surface area contributed by atoms with E-state index in [4.69, 9.17) is 8.75 Å². The Morgan fingerprint density at radius 3 is 0.758 bits per heavy atom. The maximum atomic E-state index is 5.12. The molecule has 13 aromatic rings. The van der Waals surface area contributed by atoms with Gasteiger partial charge in [-0.25, -0.2) is 0 Å². The van der Waals surface area contributed by atoms with E-state index < -0.39 is 0 Å². The highest BCUT2D eigenvalue weighted by atomic mass is 32.1. The molecule has 0 fully saturated rings. The van der Waals surface area contributed by atoms with E-state index in [0.29, 0.717) is 0 Å². The molecule has 0 amide bonds. The van der Waals surface area contributed by atoms with Crippen molar-refractivity contribution in [2.75, 3.05) is 0 Å². The third-order valence-corrected chi connectivity index (χ3v) is 32.1. The van der Waals surface area contributed by atoms with Crippen molar-refractivity contribution in [2.24, 2.45) is 0 Å². The molecular formula is C123H144N2S3. The molecule has 0 saturated heterocycles. The van der Waals surface area contributed by atoms with Gasteiger partial charge in [0.15, 0.2) is 0 Å². The Morgan fingerprint density at radius 1 is 0.211 bits per heavy atom. The van der Waals surface area contributed by atoms with Crippen LogP contribution in [0, 0.1) is 0 Å². The first-order valence-corrected chi connectivity index (χ1v) is 53.6. The zero-order chi connectivity index (χ0) is 87.8. The van der Waals surface area contributed by atoms with Gasteiger partial charge in [-0.3, -0.25) is 0 Å². The van der Waals surface area contributed by atoms with E-state index in [1.165, 1.54) is 382 Å². The van der Waals surface area contributed by atoms with Crippen molar-refractivity contribution in [1.29, 1.82) is 0 Å². The van der Waals surface area contributed by atoms with Crippen LogP contribution in [0.5, 0.6) is 0 Å². The Morgan fingerprint density at radius 2 is 0.461 bits per heavy atom. The molecule has 2 nitrogen and oxygen atoms in total. The first kappa shape index (κ1) is 92.2. The van der Waals surface area contributed by atoms with E-state index in [2.05, 4.69) is 295 Å². The minimum absolute atomic E-state index is 0.0588. The summed E-state index contributed by atoms with van der Waals surface area (Å²) in [6, 6.07) is 87.5. The smallest absolute Gasteiger partial charge is 0.113 e. The average Bonchev–Trinajstić information content (AvgIpc) is 1.56. The van der Waals surface area contributed by atoms with Gasteiger partial charge in [0, 0.05) is 37.1 Å². The van der Waals surface area contributed by atoms with Crippen molar-refractivity contribution in [2.45, 2.75) is 327 Å². The molecule has 128 heavy (non-hydrogen) atoms. The van der Waals surface area contributed by atoms with Crippen LogP contribution in [-0.4, -0.2) is 8.75 Å². The lowest BCUT2D eigenvalue weighted by atomic mass is 9.69. The lowest BCUT2D eigenvalue weighted by Crippen LogP contribution is -2.26. The van der Waals surface area contributed by atoms with Crippen LogP contribution in [-0.2, 0) is 16.2 Å². The van der Waals surface area contributed by atoms with Gasteiger partial charge in [0.2, 0.25) is 0 Å². The zero-order valence-electron chi connectivity index (χ0n) is 78.6. The summed E-state index contributed by atoms with van der Waals surface area (Å²) in [5.74, 6) is 0. The fourth-order valence-electron chi connectivity index (χ4n) is 22.9. The summed E-state index contributed by atoms with van der Waals surface area (Å²) in [6.07, 6.45) is 63.0. The van der Waals surface area contributed by atoms with Crippen LogP contribution in [0.1, 0.15) is 365 Å². The normalized spacial score (nSPS) is 13.7. The van der Waals surface area contributed by atoms with Crippen LogP contribution in [0.15, 0.2) is 229 Å². The maximum absolute atomic E-state index is 5.12. The zero-order valence-corrected chi connectivity index (χ0v) is 81.0. The molecule has 0 bridgehead atoms. The van der Waals surface area contributed by atoms with Crippen molar-refractivity contribution in [3.05, 3.63) is 283 Å². The highest BCUT2D eigenvalue weighted by Gasteiger charge is 2.47. The molecule has 10 aromatic carbocycles. The van der Waals surface area contributed by atoms with Gasteiger partial charge in [-0.05, 0) is 256 Å². The highest BCUT2D eigenvalue weighted by Crippen LogP contribution is 2.61. The van der Waals surface area contributed by atoms with E-state index in [0.717, 1.165) is 42.3 Å². The second-order valence-electron chi connectivity index (χ2n) is 38.5. The predicted octanol–water partition coefficient (Wildman–Crippen LogP) is 39.5. The molecule has 3 heterocycles. The van der Waals surface area contributed by atoms with Gasteiger partial charge in [0.1, 0.15) is 11.0 Å². The molecule has 0 unspecified atom stereocenters. The summed E-state index contributed by atoms with van der Waals surface area (Å²) in [4.78, 5) is 2.54. The molecule has 0 spiro atoms. The number of aromatic nitrogens is 2. The maximum Gasteiger partial charge on any atom is 0.113 e. The van der Waals surface area contributed by atoms with Crippen LogP contribution >= 0.6 is 34.4 Å². The topological polar surface area (TPSA) is 25.8 Å². The summed E-state index contributed by atoms with van der Waals surface area (Å²) >= 11 is 5.00. The second kappa shape index (κ2) is 45.6. The summed E-state index contributed by atoms with van der Waals surface area (Å²) in [7, 11) is 0. The van der Waals surface area contributed by atoms with Gasteiger partial charge in [0.05, 0.1) is 11.7 Å². The Hall–Kier alpha value is -9.10. The largest absolute Gasteiger partial charge is 0.172 e. The van der Waals surface area contributed by atoms with Crippen molar-refractivity contribution >= 4 is 69.7 Å². The first-order valence-electron chi connectivity index (χ1n) is 51.1. The third-order valence-electron chi connectivity index (χ3n) is 29.9. The number of thiophene rings is 2. The summed E-state index contributed by atoms with van der Waals surface area (Å²) in [5.41, 5.74) is 37.4. The van der Waals surface area contributed by atoms with Crippen molar-refractivity contribution in [1.82, 2.24) is 8.75 Å². The molecule has 664 valence electrons. The molecule has 0 saturated carbocycles. The minimum atomic E-state index is -0.183. The lowest BCUT2D eigenvalue weighted by molar-refractivity contribution is 0.397. The Kier molecular flexibility index (Phi) is 32.9. The summed E-state index contributed by atoms with van der Waals surface area (Å²) < 4.78 is 10.1. The molecular weight excluding hydrogens is 1600 g/mol. The average molecular weight is 1750 g/mol. The van der Waals surface area contributed by atoms with Crippen molar-refractivity contribution < 1.29 is 0 Å². The van der Waals surface area contributed by atoms with Gasteiger partial charge in [-0.15, -0.1) is 22.7 Å². The standard InChI is InChI=1S/C123H144N2S3/c1-7-13-19-25-31-43-75-121(76-44-32-26-20-14-8-2)113-85-93(91-51-39-37-40-52-91)59-67-105(113)106-68-60-94(86-114(106)121)95-61-69-107-109-71-63-99(89-117(109)122(115(107)87-95,77-45-33-27-21-15-9-3)78-46-34-28-22-16-10-4)111-83-97(58-66-102-56-50-82-127-102)112(84-96(111)57-65-101-55-49-81-126-101)100-64-72-110-108-70-62-98(104-74-73-103(92-53-41-38-42-54-92)119-120(104)125-128-124-119)88-116(108)123(118(110)90-100,79-47-35-29-23-17-11-5)80-48-36-30-24-18-12-6/h37-42,49-74,81-90H,7-36,43-48,75-80H2,1-6H3/b65-57+,66-58+. The van der Waals surface area contributed by atoms with E-state index in [1.807, 2.05) is 22.7 Å². The molecule has 3 aliphatic rings. The molecule has 5 heteroatoms. The fourth-order valence-corrected chi connectivity index (χ4v) is 24.7.